The fourth-order valence-corrected chi connectivity index (χ4v) is 3.61. The Balaban J connectivity index is 2.12. The molecule has 1 N–H and O–H groups in total. The lowest BCUT2D eigenvalue weighted by molar-refractivity contribution is 0.0697. The van der Waals surface area contributed by atoms with E-state index in [-0.39, 0.29) is 6.04 Å². The van der Waals surface area contributed by atoms with Gasteiger partial charge in [-0.1, -0.05) is 26.0 Å². The summed E-state index contributed by atoms with van der Waals surface area (Å²) in [6.45, 7) is 13.0. The number of nitrogens with zero attached hydrogens (tertiary/aromatic N) is 3. The van der Waals surface area contributed by atoms with Crippen LogP contribution >= 0.6 is 0 Å². The van der Waals surface area contributed by atoms with Crippen LogP contribution in [0.15, 0.2) is 42.5 Å². The molecule has 0 saturated carbocycles. The third-order valence-corrected chi connectivity index (χ3v) is 4.97. The van der Waals surface area contributed by atoms with E-state index < -0.39 is 5.97 Å². The van der Waals surface area contributed by atoms with Gasteiger partial charge >= 0.3 is 5.97 Å². The summed E-state index contributed by atoms with van der Waals surface area (Å²) in [5, 5.41) is 14.1. The zero-order chi connectivity index (χ0) is 20.6. The number of hydrogen-bond donors (Lipinski definition) is 1. The molecule has 2 aromatic heterocycles. The molecule has 0 amide bonds. The molecule has 28 heavy (non-hydrogen) atoms. The van der Waals surface area contributed by atoms with Crippen LogP contribution in [-0.2, 0) is 0 Å². The molecular formula is C23H29N3O2. The van der Waals surface area contributed by atoms with Crippen molar-refractivity contribution >= 4 is 5.97 Å². The minimum absolute atomic E-state index is 0.242. The number of carboxylic acid groups (broad SMARTS) is 1. The third-order valence-electron chi connectivity index (χ3n) is 4.97. The van der Waals surface area contributed by atoms with Crippen molar-refractivity contribution in [3.63, 3.8) is 0 Å². The van der Waals surface area contributed by atoms with E-state index in [1.165, 1.54) is 5.69 Å². The molecule has 3 rings (SSSR count). The average Bonchev–Trinajstić information content (AvgIpc) is 3.26. The molecule has 0 saturated heterocycles. The van der Waals surface area contributed by atoms with Gasteiger partial charge in [-0.15, -0.1) is 0 Å². The molecule has 148 valence electrons. The molecule has 3 aromatic rings. The fraction of sp³-hybridized carbons (Fsp3) is 0.391. The van der Waals surface area contributed by atoms with E-state index in [9.17, 15) is 4.79 Å². The molecule has 0 spiro atoms. The summed E-state index contributed by atoms with van der Waals surface area (Å²) in [6.07, 6.45) is 0. The van der Waals surface area contributed by atoms with Crippen LogP contribution in [0.4, 0.5) is 0 Å². The number of hydrogen-bond acceptors (Lipinski definition) is 2. The number of aromatic carboxylic acids is 1. The highest BCUT2D eigenvalue weighted by molar-refractivity contribution is 5.88. The van der Waals surface area contributed by atoms with Gasteiger partial charge in [-0.3, -0.25) is 4.68 Å². The van der Waals surface area contributed by atoms with Gasteiger partial charge < -0.3 is 9.67 Å². The smallest absolute Gasteiger partial charge is 0.335 e. The van der Waals surface area contributed by atoms with Gasteiger partial charge in [0.05, 0.1) is 11.3 Å². The molecule has 1 aromatic carbocycles. The summed E-state index contributed by atoms with van der Waals surface area (Å²) in [7, 11) is 0. The van der Waals surface area contributed by atoms with E-state index in [0.29, 0.717) is 17.5 Å². The summed E-state index contributed by atoms with van der Waals surface area (Å²) < 4.78 is 4.38. The van der Waals surface area contributed by atoms with E-state index in [4.69, 9.17) is 10.2 Å². The van der Waals surface area contributed by atoms with Gasteiger partial charge in [-0.25, -0.2) is 4.79 Å². The molecule has 0 atom stereocenters. The normalized spacial score (nSPS) is 11.8. The highest BCUT2D eigenvalue weighted by atomic mass is 16.4. The van der Waals surface area contributed by atoms with Gasteiger partial charge in [0.25, 0.3) is 0 Å². The monoisotopic (exact) mass is 379 g/mol. The van der Waals surface area contributed by atoms with Crippen molar-refractivity contribution in [1.29, 1.82) is 0 Å². The molecule has 2 heterocycles. The topological polar surface area (TPSA) is 60.0 Å². The van der Waals surface area contributed by atoms with E-state index in [1.807, 2.05) is 12.1 Å². The van der Waals surface area contributed by atoms with Gasteiger partial charge in [0.2, 0.25) is 0 Å². The van der Waals surface area contributed by atoms with Crippen LogP contribution in [0.5, 0.6) is 0 Å². The number of carbonyl (C=O) groups is 1. The summed E-state index contributed by atoms with van der Waals surface area (Å²) >= 11 is 0. The van der Waals surface area contributed by atoms with Crippen LogP contribution in [0, 0.1) is 0 Å². The van der Waals surface area contributed by atoms with E-state index in [0.717, 1.165) is 22.6 Å². The fourth-order valence-electron chi connectivity index (χ4n) is 3.61. The van der Waals surface area contributed by atoms with Crippen molar-refractivity contribution in [3.05, 3.63) is 53.7 Å². The number of benzene rings is 1. The van der Waals surface area contributed by atoms with Crippen molar-refractivity contribution in [2.24, 2.45) is 0 Å². The maximum atomic E-state index is 11.1. The third kappa shape index (κ3) is 3.61. The minimum Gasteiger partial charge on any atom is -0.478 e. The largest absolute Gasteiger partial charge is 0.478 e. The van der Waals surface area contributed by atoms with Gasteiger partial charge in [-0.2, -0.15) is 5.10 Å². The Labute approximate surface area is 166 Å². The van der Waals surface area contributed by atoms with E-state index in [2.05, 4.69) is 69.0 Å². The van der Waals surface area contributed by atoms with E-state index in [1.54, 1.807) is 12.1 Å². The van der Waals surface area contributed by atoms with Gasteiger partial charge in [0, 0.05) is 23.5 Å². The highest BCUT2D eigenvalue weighted by Gasteiger charge is 2.20. The molecule has 0 bridgehead atoms. The Morgan fingerprint density at radius 3 is 1.96 bits per heavy atom. The highest BCUT2D eigenvalue weighted by Crippen LogP contribution is 2.33. The van der Waals surface area contributed by atoms with Gasteiger partial charge in [0.15, 0.2) is 0 Å². The van der Waals surface area contributed by atoms with Crippen molar-refractivity contribution in [3.8, 4) is 22.6 Å². The number of aromatic nitrogens is 3. The maximum Gasteiger partial charge on any atom is 0.335 e. The number of carboxylic acids is 1. The van der Waals surface area contributed by atoms with Crippen LogP contribution in [-0.4, -0.2) is 25.4 Å². The van der Waals surface area contributed by atoms with E-state index >= 15 is 0 Å². The van der Waals surface area contributed by atoms with Crippen LogP contribution in [0.2, 0.25) is 0 Å². The first kappa shape index (κ1) is 19.9. The SMILES string of the molecule is CC(C)c1cc(-c2ccc(-c3ccc(C(=O)O)cc3)n2C(C)C)nn1C(C)C. The summed E-state index contributed by atoms with van der Waals surface area (Å²) in [4.78, 5) is 11.1. The Bertz CT molecular complexity index is 950. The van der Waals surface area contributed by atoms with Crippen molar-refractivity contribution < 1.29 is 9.90 Å². The van der Waals surface area contributed by atoms with Crippen molar-refractivity contribution in [2.75, 3.05) is 0 Å². The Hall–Kier alpha value is -2.82. The molecular weight excluding hydrogens is 350 g/mol. The molecule has 0 radical (unpaired) electrons. The Morgan fingerprint density at radius 1 is 0.893 bits per heavy atom. The summed E-state index contributed by atoms with van der Waals surface area (Å²) in [5.74, 6) is -0.513. The van der Waals surface area contributed by atoms with Crippen LogP contribution in [0.1, 0.15) is 75.6 Å². The molecule has 0 aliphatic rings. The average molecular weight is 380 g/mol. The van der Waals surface area contributed by atoms with Gasteiger partial charge in [0.1, 0.15) is 5.69 Å². The Kier molecular flexibility index (Phi) is 5.45. The zero-order valence-electron chi connectivity index (χ0n) is 17.5. The molecule has 5 heteroatoms. The second kappa shape index (κ2) is 7.66. The minimum atomic E-state index is -0.910. The first-order valence-electron chi connectivity index (χ1n) is 9.85. The van der Waals surface area contributed by atoms with Crippen molar-refractivity contribution in [2.45, 2.75) is 59.5 Å². The summed E-state index contributed by atoms with van der Waals surface area (Å²) in [6, 6.07) is 14.0. The first-order chi connectivity index (χ1) is 13.2. The standard InChI is InChI=1S/C23H29N3O2/c1-14(2)22-13-19(24-26(22)16(5)6)21-12-11-20(25(21)15(3)4)17-7-9-18(10-8-17)23(27)28/h7-16H,1-6H3,(H,27,28). The second-order valence-corrected chi connectivity index (χ2v) is 8.10. The molecule has 5 nitrogen and oxygen atoms in total. The summed E-state index contributed by atoms with van der Waals surface area (Å²) in [5.41, 5.74) is 5.63. The first-order valence-corrected chi connectivity index (χ1v) is 9.85. The lowest BCUT2D eigenvalue weighted by atomic mass is 10.1. The quantitative estimate of drug-likeness (QED) is 0.571. The second-order valence-electron chi connectivity index (χ2n) is 8.10. The van der Waals surface area contributed by atoms with Crippen molar-refractivity contribution in [1.82, 2.24) is 14.3 Å². The lowest BCUT2D eigenvalue weighted by Gasteiger charge is -2.17. The molecule has 0 fully saturated rings. The van der Waals surface area contributed by atoms with Crippen LogP contribution < -0.4 is 0 Å². The lowest BCUT2D eigenvalue weighted by Crippen LogP contribution is -2.09. The van der Waals surface area contributed by atoms with Crippen LogP contribution in [0.3, 0.4) is 0 Å². The Morgan fingerprint density at radius 2 is 1.50 bits per heavy atom. The predicted octanol–water partition coefficient (Wildman–Crippen LogP) is 6.00. The molecule has 0 aliphatic heterocycles. The van der Waals surface area contributed by atoms with Crippen LogP contribution in [0.25, 0.3) is 22.6 Å². The predicted molar refractivity (Wildman–Crippen MR) is 113 cm³/mol. The maximum absolute atomic E-state index is 11.1. The zero-order valence-corrected chi connectivity index (χ0v) is 17.5. The van der Waals surface area contributed by atoms with Gasteiger partial charge in [-0.05, 0) is 69.5 Å². The number of rotatable bonds is 6. The molecule has 0 aliphatic carbocycles. The molecule has 0 unspecified atom stereocenters.